The molecule has 0 amide bonds. The van der Waals surface area contributed by atoms with Crippen molar-refractivity contribution >= 4 is 16.0 Å². The van der Waals surface area contributed by atoms with Crippen molar-refractivity contribution < 1.29 is 17.9 Å². The van der Waals surface area contributed by atoms with Crippen LogP contribution in [0.25, 0.3) is 0 Å². The quantitative estimate of drug-likeness (QED) is 0.789. The van der Waals surface area contributed by atoms with Crippen LogP contribution in [-0.2, 0) is 14.8 Å². The minimum absolute atomic E-state index is 0.0561. The minimum atomic E-state index is -3.67. The highest BCUT2D eigenvalue weighted by molar-refractivity contribution is 7.89. The van der Waals surface area contributed by atoms with Crippen LogP contribution in [0.2, 0.25) is 0 Å². The first kappa shape index (κ1) is 17.4. The standard InChI is InChI=1S/C17H24N2O4S/c1-3-23-17(20)12-5-4-11(2)16(8-12)24(21,22)19-15-9-13-6-7-14(10-15)18-13/h4-5,8,13-15,18-19H,3,6-7,9-10H2,1-2H3. The van der Waals surface area contributed by atoms with E-state index in [1.54, 1.807) is 26.0 Å². The lowest BCUT2D eigenvalue weighted by molar-refractivity contribution is 0.0526. The molecule has 0 radical (unpaired) electrons. The van der Waals surface area contributed by atoms with Gasteiger partial charge in [-0.1, -0.05) is 6.07 Å². The maximum atomic E-state index is 12.8. The number of fused-ring (bicyclic) bond motifs is 2. The van der Waals surface area contributed by atoms with Gasteiger partial charge in [0, 0.05) is 18.1 Å². The summed E-state index contributed by atoms with van der Waals surface area (Å²) in [7, 11) is -3.67. The maximum Gasteiger partial charge on any atom is 0.338 e. The zero-order valence-corrected chi connectivity index (χ0v) is 14.9. The first-order valence-electron chi connectivity index (χ1n) is 8.45. The molecule has 2 aliphatic heterocycles. The number of ether oxygens (including phenoxy) is 1. The van der Waals surface area contributed by atoms with Gasteiger partial charge < -0.3 is 10.1 Å². The number of sulfonamides is 1. The molecule has 0 spiro atoms. The van der Waals surface area contributed by atoms with Crippen LogP contribution in [0.5, 0.6) is 0 Å². The first-order chi connectivity index (χ1) is 11.4. The Balaban J connectivity index is 1.81. The third-order valence-electron chi connectivity index (χ3n) is 4.78. The number of esters is 1. The number of hydrogen-bond donors (Lipinski definition) is 2. The maximum absolute atomic E-state index is 12.8. The fourth-order valence-corrected chi connectivity index (χ4v) is 5.20. The molecule has 2 heterocycles. The number of aryl methyl sites for hydroxylation is 1. The third-order valence-corrected chi connectivity index (χ3v) is 6.45. The molecule has 2 unspecified atom stereocenters. The predicted octanol–water partition coefficient (Wildman–Crippen LogP) is 1.73. The largest absolute Gasteiger partial charge is 0.462 e. The molecule has 0 aromatic heterocycles. The molecule has 2 saturated heterocycles. The fraction of sp³-hybridized carbons (Fsp3) is 0.588. The second-order valence-corrected chi connectivity index (χ2v) is 8.31. The van der Waals surface area contributed by atoms with Crippen molar-refractivity contribution in [1.29, 1.82) is 0 Å². The number of benzene rings is 1. The van der Waals surface area contributed by atoms with Crippen molar-refractivity contribution in [2.24, 2.45) is 0 Å². The second-order valence-electron chi connectivity index (χ2n) is 6.63. The van der Waals surface area contributed by atoms with Crippen LogP contribution in [0.3, 0.4) is 0 Å². The molecule has 7 heteroatoms. The highest BCUT2D eigenvalue weighted by Crippen LogP contribution is 2.28. The molecular weight excluding hydrogens is 328 g/mol. The lowest BCUT2D eigenvalue weighted by atomic mass is 10.0. The Bertz CT molecular complexity index is 720. The Morgan fingerprint density at radius 1 is 1.29 bits per heavy atom. The van der Waals surface area contributed by atoms with Crippen molar-refractivity contribution in [2.75, 3.05) is 6.61 Å². The van der Waals surface area contributed by atoms with Crippen molar-refractivity contribution in [2.45, 2.75) is 62.6 Å². The Kier molecular flexibility index (Phi) is 4.94. The average Bonchev–Trinajstić information content (AvgIpc) is 2.86. The predicted molar refractivity (Wildman–Crippen MR) is 90.4 cm³/mol. The van der Waals surface area contributed by atoms with Crippen LogP contribution in [-0.4, -0.2) is 39.1 Å². The van der Waals surface area contributed by atoms with E-state index in [-0.39, 0.29) is 23.1 Å². The Morgan fingerprint density at radius 3 is 2.58 bits per heavy atom. The van der Waals surface area contributed by atoms with E-state index in [0.29, 0.717) is 17.6 Å². The molecule has 2 atom stereocenters. The topological polar surface area (TPSA) is 84.5 Å². The summed E-state index contributed by atoms with van der Waals surface area (Å²) in [4.78, 5) is 12.0. The molecular formula is C17H24N2O4S. The van der Waals surface area contributed by atoms with Crippen LogP contribution < -0.4 is 10.0 Å². The van der Waals surface area contributed by atoms with Crippen LogP contribution in [0, 0.1) is 6.92 Å². The van der Waals surface area contributed by atoms with E-state index in [1.807, 2.05) is 0 Å². The summed E-state index contributed by atoms with van der Waals surface area (Å²) in [6, 6.07) is 5.40. The normalized spacial score (nSPS) is 26.3. The van der Waals surface area contributed by atoms with Gasteiger partial charge in [0.2, 0.25) is 10.0 Å². The highest BCUT2D eigenvalue weighted by atomic mass is 32.2. The summed E-state index contributed by atoms with van der Waals surface area (Å²) < 4.78 is 33.4. The summed E-state index contributed by atoms with van der Waals surface area (Å²) >= 11 is 0. The van der Waals surface area contributed by atoms with Crippen LogP contribution in [0.15, 0.2) is 23.1 Å². The molecule has 2 fully saturated rings. The first-order valence-corrected chi connectivity index (χ1v) is 9.93. The van der Waals surface area contributed by atoms with Crippen LogP contribution in [0.1, 0.15) is 48.5 Å². The zero-order valence-electron chi connectivity index (χ0n) is 14.0. The van der Waals surface area contributed by atoms with Gasteiger partial charge in [0.15, 0.2) is 0 Å². The SMILES string of the molecule is CCOC(=O)c1ccc(C)c(S(=O)(=O)NC2CC3CCC(C2)N3)c1. The van der Waals surface area contributed by atoms with Crippen LogP contribution in [0.4, 0.5) is 0 Å². The molecule has 0 aliphatic carbocycles. The van der Waals surface area contributed by atoms with Crippen LogP contribution >= 0.6 is 0 Å². The molecule has 2 aliphatic rings. The van der Waals surface area contributed by atoms with Crippen molar-refractivity contribution in [3.8, 4) is 0 Å². The number of hydrogen-bond acceptors (Lipinski definition) is 5. The van der Waals surface area contributed by atoms with E-state index < -0.39 is 16.0 Å². The van der Waals surface area contributed by atoms with Gasteiger partial charge in [-0.3, -0.25) is 0 Å². The summed E-state index contributed by atoms with van der Waals surface area (Å²) in [5.41, 5.74) is 0.876. The van der Waals surface area contributed by atoms with Gasteiger partial charge in [0.05, 0.1) is 17.1 Å². The number of rotatable bonds is 5. The Morgan fingerprint density at radius 2 is 1.96 bits per heavy atom. The van der Waals surface area contributed by atoms with Gasteiger partial charge in [0.25, 0.3) is 0 Å². The minimum Gasteiger partial charge on any atom is -0.462 e. The van der Waals surface area contributed by atoms with Gasteiger partial charge >= 0.3 is 5.97 Å². The summed E-state index contributed by atoms with van der Waals surface area (Å²) in [5.74, 6) is -0.506. The molecule has 24 heavy (non-hydrogen) atoms. The van der Waals surface area contributed by atoms with E-state index in [0.717, 1.165) is 25.7 Å². The number of piperidine rings is 1. The Hall–Kier alpha value is -1.44. The molecule has 2 N–H and O–H groups in total. The van der Waals surface area contributed by atoms with E-state index in [9.17, 15) is 13.2 Å². The van der Waals surface area contributed by atoms with Crippen molar-refractivity contribution in [3.63, 3.8) is 0 Å². The number of carbonyl (C=O) groups excluding carboxylic acids is 1. The van der Waals surface area contributed by atoms with Gasteiger partial charge in [-0.2, -0.15) is 0 Å². The van der Waals surface area contributed by atoms with Gasteiger partial charge in [-0.25, -0.2) is 17.9 Å². The molecule has 0 saturated carbocycles. The molecule has 3 rings (SSSR count). The molecule has 6 nitrogen and oxygen atoms in total. The summed E-state index contributed by atoms with van der Waals surface area (Å²) in [5, 5.41) is 3.50. The second kappa shape index (κ2) is 6.82. The van der Waals surface area contributed by atoms with Gasteiger partial charge in [0.1, 0.15) is 0 Å². The number of nitrogens with one attached hydrogen (secondary N) is 2. The monoisotopic (exact) mass is 352 g/mol. The smallest absolute Gasteiger partial charge is 0.338 e. The molecule has 1 aromatic carbocycles. The van der Waals surface area contributed by atoms with E-state index >= 15 is 0 Å². The zero-order chi connectivity index (χ0) is 17.3. The Labute approximate surface area is 143 Å². The lowest BCUT2D eigenvalue weighted by Gasteiger charge is -2.29. The molecule has 1 aromatic rings. The summed E-state index contributed by atoms with van der Waals surface area (Å²) in [6.45, 7) is 3.71. The van der Waals surface area contributed by atoms with Gasteiger partial charge in [-0.05, 0) is 57.2 Å². The van der Waals surface area contributed by atoms with Crippen molar-refractivity contribution in [3.05, 3.63) is 29.3 Å². The molecule has 132 valence electrons. The highest BCUT2D eigenvalue weighted by Gasteiger charge is 2.35. The summed E-state index contributed by atoms with van der Waals surface area (Å²) in [6.07, 6.45) is 3.85. The average molecular weight is 352 g/mol. The lowest BCUT2D eigenvalue weighted by Crippen LogP contribution is -2.48. The van der Waals surface area contributed by atoms with Gasteiger partial charge in [-0.15, -0.1) is 0 Å². The number of carbonyl (C=O) groups is 1. The third kappa shape index (κ3) is 3.63. The van der Waals surface area contributed by atoms with Crippen molar-refractivity contribution in [1.82, 2.24) is 10.0 Å². The van der Waals surface area contributed by atoms with E-state index in [4.69, 9.17) is 4.74 Å². The van der Waals surface area contributed by atoms with E-state index in [1.165, 1.54) is 6.07 Å². The molecule has 2 bridgehead atoms. The van der Waals surface area contributed by atoms with E-state index in [2.05, 4.69) is 10.0 Å². The fourth-order valence-electron chi connectivity index (χ4n) is 3.67.